The zero-order valence-electron chi connectivity index (χ0n) is 8.93. The molecule has 0 spiro atoms. The Morgan fingerprint density at radius 2 is 1.94 bits per heavy atom. The number of nitrogens with zero attached hydrogens (tertiary/aromatic N) is 4. The van der Waals surface area contributed by atoms with Crippen molar-refractivity contribution in [2.24, 2.45) is 0 Å². The number of rotatable bonds is 1. The average Bonchev–Trinajstić information content (AvgIpc) is 2.72. The molecule has 16 heavy (non-hydrogen) atoms. The van der Waals surface area contributed by atoms with E-state index in [1.165, 1.54) is 19.3 Å². The predicted molar refractivity (Wildman–Crippen MR) is 71.8 cm³/mol. The Hall–Kier alpha value is -0.850. The van der Waals surface area contributed by atoms with Crippen LogP contribution in [0.15, 0.2) is 18.3 Å². The van der Waals surface area contributed by atoms with E-state index in [-0.39, 0.29) is 0 Å². The van der Waals surface area contributed by atoms with E-state index >= 15 is 0 Å². The van der Waals surface area contributed by atoms with E-state index in [9.17, 15) is 0 Å². The minimum Gasteiger partial charge on any atom is -0.355 e. The zero-order valence-corrected chi connectivity index (χ0v) is 11.1. The number of aromatic nitrogens is 3. The van der Waals surface area contributed by atoms with Gasteiger partial charge in [-0.05, 0) is 54.0 Å². The van der Waals surface area contributed by atoms with Crippen molar-refractivity contribution in [2.75, 3.05) is 18.0 Å². The second-order valence-corrected chi connectivity index (χ2v) is 5.20. The van der Waals surface area contributed by atoms with E-state index in [1.807, 2.05) is 16.8 Å². The fourth-order valence-corrected chi connectivity index (χ4v) is 2.62. The molecule has 0 bridgehead atoms. The van der Waals surface area contributed by atoms with Crippen molar-refractivity contribution in [3.63, 3.8) is 0 Å². The molecule has 0 atom stereocenters. The van der Waals surface area contributed by atoms with Crippen molar-refractivity contribution in [1.82, 2.24) is 14.6 Å². The third-order valence-electron chi connectivity index (χ3n) is 2.99. The minimum absolute atomic E-state index is 0.921. The van der Waals surface area contributed by atoms with Gasteiger partial charge in [0.1, 0.15) is 9.52 Å². The van der Waals surface area contributed by atoms with Crippen molar-refractivity contribution in [2.45, 2.75) is 19.3 Å². The first kappa shape index (κ1) is 10.3. The van der Waals surface area contributed by atoms with Gasteiger partial charge in [-0.15, -0.1) is 5.10 Å². The lowest BCUT2D eigenvalue weighted by molar-refractivity contribution is 0.570. The van der Waals surface area contributed by atoms with Crippen LogP contribution in [0.3, 0.4) is 0 Å². The summed E-state index contributed by atoms with van der Waals surface area (Å²) in [5, 5.41) is 4.63. The maximum Gasteiger partial charge on any atom is 0.154 e. The summed E-state index contributed by atoms with van der Waals surface area (Å²) < 4.78 is 2.97. The largest absolute Gasteiger partial charge is 0.355 e. The van der Waals surface area contributed by atoms with E-state index in [2.05, 4.69) is 43.6 Å². The number of hydrogen-bond acceptors (Lipinski definition) is 3. The molecular weight excluding hydrogens is 315 g/mol. The zero-order chi connectivity index (χ0) is 11.0. The van der Waals surface area contributed by atoms with Crippen LogP contribution in [-0.2, 0) is 0 Å². The summed E-state index contributed by atoms with van der Waals surface area (Å²) in [6.07, 6.45) is 5.76. The van der Waals surface area contributed by atoms with Gasteiger partial charge >= 0.3 is 0 Å². The average molecular weight is 328 g/mol. The molecule has 1 aliphatic heterocycles. The smallest absolute Gasteiger partial charge is 0.154 e. The summed E-state index contributed by atoms with van der Waals surface area (Å²) in [5.74, 6) is 1.07. The molecule has 0 amide bonds. The first-order valence-corrected chi connectivity index (χ1v) is 6.68. The van der Waals surface area contributed by atoms with Gasteiger partial charge < -0.3 is 4.90 Å². The molecule has 0 saturated carbocycles. The molecule has 0 N–H and O–H groups in total. The van der Waals surface area contributed by atoms with E-state index in [0.29, 0.717) is 0 Å². The first-order chi connectivity index (χ1) is 7.84. The Morgan fingerprint density at radius 1 is 1.12 bits per heavy atom. The number of fused-ring (bicyclic) bond motifs is 1. The molecule has 84 valence electrons. The van der Waals surface area contributed by atoms with Gasteiger partial charge in [-0.1, -0.05) is 0 Å². The van der Waals surface area contributed by atoms with Crippen LogP contribution in [0.1, 0.15) is 19.3 Å². The Bertz CT molecular complexity index is 502. The van der Waals surface area contributed by atoms with E-state index in [0.717, 1.165) is 28.3 Å². The normalized spacial score (nSPS) is 16.9. The van der Waals surface area contributed by atoms with Crippen LogP contribution in [-0.4, -0.2) is 27.7 Å². The van der Waals surface area contributed by atoms with Crippen LogP contribution in [0.5, 0.6) is 0 Å². The minimum atomic E-state index is 0.921. The van der Waals surface area contributed by atoms with Crippen molar-refractivity contribution in [1.29, 1.82) is 0 Å². The number of imidazole rings is 1. The number of piperidine rings is 1. The number of halogens is 1. The highest BCUT2D eigenvalue weighted by Crippen LogP contribution is 2.18. The molecule has 1 aliphatic rings. The third kappa shape index (κ3) is 1.77. The van der Waals surface area contributed by atoms with Crippen LogP contribution in [0, 0.1) is 3.70 Å². The highest BCUT2D eigenvalue weighted by atomic mass is 127. The van der Waals surface area contributed by atoms with Crippen LogP contribution < -0.4 is 4.90 Å². The van der Waals surface area contributed by atoms with Gasteiger partial charge in [0.25, 0.3) is 0 Å². The molecule has 0 unspecified atom stereocenters. The van der Waals surface area contributed by atoms with Gasteiger partial charge in [-0.2, -0.15) is 0 Å². The first-order valence-electron chi connectivity index (χ1n) is 5.60. The lowest BCUT2D eigenvalue weighted by atomic mass is 10.1. The number of hydrogen-bond donors (Lipinski definition) is 0. The van der Waals surface area contributed by atoms with Gasteiger partial charge in [0, 0.05) is 13.1 Å². The molecule has 4 nitrogen and oxygen atoms in total. The third-order valence-corrected chi connectivity index (χ3v) is 3.72. The highest BCUT2D eigenvalue weighted by Gasteiger charge is 2.13. The van der Waals surface area contributed by atoms with E-state index in [4.69, 9.17) is 0 Å². The van der Waals surface area contributed by atoms with Crippen LogP contribution in [0.25, 0.3) is 5.65 Å². The van der Waals surface area contributed by atoms with E-state index in [1.54, 1.807) is 0 Å². The predicted octanol–water partition coefficient (Wildman–Crippen LogP) is 2.32. The Kier molecular flexibility index (Phi) is 2.70. The van der Waals surface area contributed by atoms with Crippen LogP contribution in [0.4, 0.5) is 5.82 Å². The highest BCUT2D eigenvalue weighted by molar-refractivity contribution is 14.1. The molecule has 0 radical (unpaired) electrons. The van der Waals surface area contributed by atoms with Gasteiger partial charge in [-0.3, -0.25) is 0 Å². The lowest BCUT2D eigenvalue weighted by Crippen LogP contribution is -2.30. The van der Waals surface area contributed by atoms with Crippen molar-refractivity contribution < 1.29 is 0 Å². The standard InChI is InChI=1S/C11H13IN4/c12-9-8-13-10-4-5-11(14-16(9)10)15-6-2-1-3-7-15/h4-5,8H,1-3,6-7H2. The molecule has 3 heterocycles. The second kappa shape index (κ2) is 4.20. The summed E-state index contributed by atoms with van der Waals surface area (Å²) in [6.45, 7) is 2.26. The van der Waals surface area contributed by atoms with Crippen LogP contribution >= 0.6 is 22.6 Å². The Balaban J connectivity index is 1.99. The van der Waals surface area contributed by atoms with Gasteiger partial charge in [0.15, 0.2) is 5.65 Å². The van der Waals surface area contributed by atoms with Gasteiger partial charge in [-0.25, -0.2) is 9.50 Å². The molecule has 1 saturated heterocycles. The summed E-state index contributed by atoms with van der Waals surface area (Å²) >= 11 is 2.26. The summed E-state index contributed by atoms with van der Waals surface area (Å²) in [4.78, 5) is 6.64. The molecule has 0 aliphatic carbocycles. The molecule has 2 aromatic rings. The Morgan fingerprint density at radius 3 is 2.75 bits per heavy atom. The van der Waals surface area contributed by atoms with Gasteiger partial charge in [0.05, 0.1) is 6.20 Å². The van der Waals surface area contributed by atoms with Crippen molar-refractivity contribution in [3.8, 4) is 0 Å². The monoisotopic (exact) mass is 328 g/mol. The maximum absolute atomic E-state index is 4.63. The Labute approximate surface area is 108 Å². The molecule has 2 aromatic heterocycles. The number of anilines is 1. The van der Waals surface area contributed by atoms with Gasteiger partial charge in [0.2, 0.25) is 0 Å². The fourth-order valence-electron chi connectivity index (χ4n) is 2.13. The molecule has 1 fully saturated rings. The fraction of sp³-hybridized carbons (Fsp3) is 0.455. The van der Waals surface area contributed by atoms with E-state index < -0.39 is 0 Å². The molecule has 3 rings (SSSR count). The summed E-state index contributed by atoms with van der Waals surface area (Å²) in [6, 6.07) is 4.11. The molecule has 5 heteroatoms. The van der Waals surface area contributed by atoms with Crippen LogP contribution in [0.2, 0.25) is 0 Å². The summed E-state index contributed by atoms with van der Waals surface area (Å²) in [7, 11) is 0. The second-order valence-electron chi connectivity index (χ2n) is 4.09. The maximum atomic E-state index is 4.63. The van der Waals surface area contributed by atoms with Crippen molar-refractivity contribution >= 4 is 34.1 Å². The van der Waals surface area contributed by atoms with Crippen molar-refractivity contribution in [3.05, 3.63) is 22.0 Å². The molecular formula is C11H13IN4. The topological polar surface area (TPSA) is 33.4 Å². The summed E-state index contributed by atoms with van der Waals surface area (Å²) in [5.41, 5.74) is 0.921. The SMILES string of the molecule is Ic1cnc2ccc(N3CCCCC3)nn12. The quantitative estimate of drug-likeness (QED) is 0.754. The lowest BCUT2D eigenvalue weighted by Gasteiger charge is -2.27. The molecule has 0 aromatic carbocycles.